The molecule has 7 nitrogen and oxygen atoms in total. The van der Waals surface area contributed by atoms with E-state index >= 15 is 0 Å². The molecule has 0 aromatic carbocycles. The summed E-state index contributed by atoms with van der Waals surface area (Å²) < 4.78 is 26.0. The molecular formula is C14H23N4O3S+. The number of carbonyl (C=O) groups excluding carboxylic acids is 1. The molecule has 1 aliphatic carbocycles. The van der Waals surface area contributed by atoms with Crippen LogP contribution in [0.1, 0.15) is 26.7 Å². The predicted molar refractivity (Wildman–Crippen MR) is 82.8 cm³/mol. The molecule has 8 heteroatoms. The van der Waals surface area contributed by atoms with E-state index in [4.69, 9.17) is 0 Å². The Morgan fingerprint density at radius 2 is 2.00 bits per heavy atom. The Bertz CT molecular complexity index is 607. The molecular weight excluding hydrogens is 304 g/mol. The van der Waals surface area contributed by atoms with Crippen LogP contribution in [0.25, 0.3) is 0 Å². The summed E-state index contributed by atoms with van der Waals surface area (Å²) in [5, 5.41) is 5.81. The second-order valence-corrected chi connectivity index (χ2v) is 7.16. The lowest BCUT2D eigenvalue weighted by Gasteiger charge is -2.17. The highest BCUT2D eigenvalue weighted by Gasteiger charge is 2.24. The van der Waals surface area contributed by atoms with Gasteiger partial charge in [0, 0.05) is 25.2 Å². The second kappa shape index (κ2) is 7.06. The fourth-order valence-electron chi connectivity index (χ4n) is 2.08. The number of carbonyl (C=O) groups is 1. The van der Waals surface area contributed by atoms with Crippen LogP contribution in [-0.2, 0) is 14.8 Å². The fourth-order valence-corrected chi connectivity index (χ4v) is 3.50. The monoisotopic (exact) mass is 327 g/mol. The quantitative estimate of drug-likeness (QED) is 0.714. The molecule has 0 bridgehead atoms. The first-order valence-corrected chi connectivity index (χ1v) is 8.96. The molecule has 1 heterocycles. The van der Waals surface area contributed by atoms with Crippen LogP contribution in [0.3, 0.4) is 0 Å². The SMILES string of the molecule is CCN(CC)S(=O)(=O)c1ccc(NCC(=O)NC2CC2)[nH+]c1. The molecule has 3 N–H and O–H groups in total. The standard InChI is InChI=1S/C14H22N4O3S/c1-3-18(4-2)22(20,21)12-7-8-13(15-9-12)16-10-14(19)17-11-5-6-11/h7-9,11H,3-6,10H2,1-2H3,(H,15,16)(H,17,19)/p+1. The van der Waals surface area contributed by atoms with Crippen molar-refractivity contribution in [3.8, 4) is 0 Å². The van der Waals surface area contributed by atoms with Crippen LogP contribution in [0.4, 0.5) is 5.82 Å². The number of amides is 1. The number of nitrogens with zero attached hydrogens (tertiary/aromatic N) is 1. The summed E-state index contributed by atoms with van der Waals surface area (Å²) in [6.07, 6.45) is 3.54. The number of nitrogens with one attached hydrogen (secondary N) is 3. The van der Waals surface area contributed by atoms with Crippen molar-refractivity contribution in [1.82, 2.24) is 9.62 Å². The summed E-state index contributed by atoms with van der Waals surface area (Å²) in [7, 11) is -3.46. The van der Waals surface area contributed by atoms with Gasteiger partial charge >= 0.3 is 0 Å². The Morgan fingerprint density at radius 1 is 1.32 bits per heavy atom. The van der Waals surface area contributed by atoms with Crippen LogP contribution in [0.5, 0.6) is 0 Å². The van der Waals surface area contributed by atoms with E-state index in [2.05, 4.69) is 15.6 Å². The number of rotatable bonds is 8. The summed E-state index contributed by atoms with van der Waals surface area (Å²) in [5.74, 6) is 0.542. The van der Waals surface area contributed by atoms with Crippen molar-refractivity contribution in [3.63, 3.8) is 0 Å². The fraction of sp³-hybridized carbons (Fsp3) is 0.571. The Labute approximate surface area is 131 Å². The van der Waals surface area contributed by atoms with Crippen LogP contribution >= 0.6 is 0 Å². The van der Waals surface area contributed by atoms with Crippen LogP contribution < -0.4 is 15.6 Å². The summed E-state index contributed by atoms with van der Waals surface area (Å²) in [6.45, 7) is 4.63. The summed E-state index contributed by atoms with van der Waals surface area (Å²) in [5.41, 5.74) is 0. The highest BCUT2D eigenvalue weighted by molar-refractivity contribution is 7.89. The largest absolute Gasteiger partial charge is 0.350 e. The Hall–Kier alpha value is -1.67. The van der Waals surface area contributed by atoms with E-state index in [1.54, 1.807) is 19.9 Å². The topological polar surface area (TPSA) is 92.7 Å². The van der Waals surface area contributed by atoms with Crippen LogP contribution in [-0.4, -0.2) is 44.3 Å². The van der Waals surface area contributed by atoms with Gasteiger partial charge in [0.1, 0.15) is 11.1 Å². The molecule has 1 aromatic rings. The van der Waals surface area contributed by atoms with Crippen molar-refractivity contribution in [3.05, 3.63) is 18.3 Å². The molecule has 1 amide bonds. The first kappa shape index (κ1) is 16.7. The molecule has 1 fully saturated rings. The van der Waals surface area contributed by atoms with E-state index in [0.29, 0.717) is 24.9 Å². The maximum Gasteiger partial charge on any atom is 0.272 e. The van der Waals surface area contributed by atoms with Gasteiger partial charge in [-0.05, 0) is 18.9 Å². The minimum absolute atomic E-state index is 0.0595. The molecule has 0 saturated heterocycles. The summed E-state index contributed by atoms with van der Waals surface area (Å²) in [6, 6.07) is 3.49. The number of anilines is 1. The first-order chi connectivity index (χ1) is 10.5. The third-order valence-electron chi connectivity index (χ3n) is 3.51. The zero-order valence-electron chi connectivity index (χ0n) is 12.9. The van der Waals surface area contributed by atoms with Crippen molar-refractivity contribution >= 4 is 21.7 Å². The average molecular weight is 327 g/mol. The first-order valence-electron chi connectivity index (χ1n) is 7.52. The Kier molecular flexibility index (Phi) is 5.36. The number of H-pyrrole nitrogens is 1. The minimum atomic E-state index is -3.46. The summed E-state index contributed by atoms with van der Waals surface area (Å²) in [4.78, 5) is 14.7. The van der Waals surface area contributed by atoms with Gasteiger partial charge in [0.05, 0.1) is 0 Å². The molecule has 0 atom stereocenters. The van der Waals surface area contributed by atoms with E-state index in [9.17, 15) is 13.2 Å². The van der Waals surface area contributed by atoms with Gasteiger partial charge in [0.2, 0.25) is 10.0 Å². The molecule has 1 aromatic heterocycles. The van der Waals surface area contributed by atoms with Gasteiger partial charge in [0.15, 0.2) is 6.54 Å². The smallest absolute Gasteiger partial charge is 0.272 e. The highest BCUT2D eigenvalue weighted by Crippen LogP contribution is 2.18. The van der Waals surface area contributed by atoms with Crippen molar-refractivity contribution in [1.29, 1.82) is 0 Å². The lowest BCUT2D eigenvalue weighted by atomic mass is 10.4. The van der Waals surface area contributed by atoms with Gasteiger partial charge < -0.3 is 5.32 Å². The van der Waals surface area contributed by atoms with Crippen molar-refractivity contribution in [2.45, 2.75) is 37.6 Å². The van der Waals surface area contributed by atoms with E-state index in [1.807, 2.05) is 0 Å². The molecule has 0 radical (unpaired) electrons. The number of hydrogen-bond acceptors (Lipinski definition) is 4. The van der Waals surface area contributed by atoms with Gasteiger partial charge in [-0.25, -0.2) is 13.4 Å². The third-order valence-corrected chi connectivity index (χ3v) is 5.56. The zero-order chi connectivity index (χ0) is 16.2. The van der Waals surface area contributed by atoms with Gasteiger partial charge in [-0.15, -0.1) is 0 Å². The number of aromatic nitrogens is 1. The average Bonchev–Trinajstić information content (AvgIpc) is 3.30. The third kappa shape index (κ3) is 4.17. The molecule has 22 heavy (non-hydrogen) atoms. The molecule has 0 aliphatic heterocycles. The number of hydrogen-bond donors (Lipinski definition) is 2. The van der Waals surface area contributed by atoms with Gasteiger partial charge in [-0.3, -0.25) is 10.1 Å². The van der Waals surface area contributed by atoms with Crippen LogP contribution in [0.2, 0.25) is 0 Å². The number of pyridine rings is 1. The van der Waals surface area contributed by atoms with E-state index < -0.39 is 10.0 Å². The molecule has 2 rings (SSSR count). The van der Waals surface area contributed by atoms with E-state index in [-0.39, 0.29) is 17.3 Å². The minimum Gasteiger partial charge on any atom is -0.350 e. The van der Waals surface area contributed by atoms with Crippen molar-refractivity contribution in [2.75, 3.05) is 25.0 Å². The van der Waals surface area contributed by atoms with E-state index in [1.165, 1.54) is 16.6 Å². The molecule has 0 unspecified atom stereocenters. The van der Waals surface area contributed by atoms with Crippen LogP contribution in [0.15, 0.2) is 23.2 Å². The molecule has 1 aliphatic rings. The summed E-state index contributed by atoms with van der Waals surface area (Å²) >= 11 is 0. The normalized spacial score (nSPS) is 14.9. The second-order valence-electron chi connectivity index (χ2n) is 5.22. The molecule has 1 saturated carbocycles. The molecule has 122 valence electrons. The number of aromatic amines is 1. The Morgan fingerprint density at radius 3 is 2.50 bits per heavy atom. The van der Waals surface area contributed by atoms with Gasteiger partial charge in [-0.2, -0.15) is 4.31 Å². The van der Waals surface area contributed by atoms with Gasteiger partial charge in [-0.1, -0.05) is 13.8 Å². The maximum atomic E-state index is 12.3. The zero-order valence-corrected chi connectivity index (χ0v) is 13.7. The Balaban J connectivity index is 1.95. The van der Waals surface area contributed by atoms with Crippen LogP contribution in [0, 0.1) is 0 Å². The lowest BCUT2D eigenvalue weighted by molar-refractivity contribution is -0.364. The number of sulfonamides is 1. The molecule has 0 spiro atoms. The predicted octanol–water partition coefficient (Wildman–Crippen LogP) is 0.222. The highest BCUT2D eigenvalue weighted by atomic mass is 32.2. The van der Waals surface area contributed by atoms with Crippen molar-refractivity contribution < 1.29 is 18.2 Å². The van der Waals surface area contributed by atoms with Crippen molar-refractivity contribution in [2.24, 2.45) is 0 Å². The van der Waals surface area contributed by atoms with E-state index in [0.717, 1.165) is 12.8 Å². The maximum absolute atomic E-state index is 12.3. The van der Waals surface area contributed by atoms with Gasteiger partial charge in [0.25, 0.3) is 11.7 Å². The lowest BCUT2D eigenvalue weighted by Crippen LogP contribution is -2.33.